The average molecular weight is 939 g/mol. The molecule has 0 radical (unpaired) electrons. The van der Waals surface area contributed by atoms with Crippen LogP contribution in [-0.4, -0.2) is 69.3 Å². The van der Waals surface area contributed by atoms with E-state index in [9.17, 15) is 19.2 Å². The molecule has 2 aliphatic heterocycles. The van der Waals surface area contributed by atoms with E-state index in [1.54, 1.807) is 46.7 Å². The Kier molecular flexibility index (Phi) is 15.9. The summed E-state index contributed by atoms with van der Waals surface area (Å²) in [7, 11) is 2.73. The molecule has 0 spiro atoms. The summed E-state index contributed by atoms with van der Waals surface area (Å²) < 4.78 is 23.0. The van der Waals surface area contributed by atoms with Gasteiger partial charge in [-0.05, 0) is 137 Å². The largest absolute Gasteiger partial charge is 0.465 e. The minimum atomic E-state index is -0.571. The molecule has 2 aromatic heterocycles. The Balaban J connectivity index is 0.000000256. The number of carbonyl (C=O) groups is 4. The number of aromatic nitrogens is 2. The summed E-state index contributed by atoms with van der Waals surface area (Å²) in [4.78, 5) is 61.7. The zero-order chi connectivity index (χ0) is 42.4. The van der Waals surface area contributed by atoms with E-state index in [2.05, 4.69) is 41.8 Å². The molecule has 0 fully saturated rings. The molecule has 4 aromatic rings. The van der Waals surface area contributed by atoms with Crippen LogP contribution in [0.1, 0.15) is 128 Å². The molecule has 0 saturated heterocycles. The Morgan fingerprint density at radius 3 is 1.36 bits per heavy atom. The first-order valence-electron chi connectivity index (χ1n) is 19.0. The number of amides is 2. The van der Waals surface area contributed by atoms with Crippen molar-refractivity contribution in [2.75, 3.05) is 14.2 Å². The maximum Gasteiger partial charge on any atom is 0.411 e. The van der Waals surface area contributed by atoms with Crippen molar-refractivity contribution in [1.82, 2.24) is 19.8 Å². The fraction of sp³-hybridized carbons (Fsp3) is 0.422. The second kappa shape index (κ2) is 20.0. The van der Waals surface area contributed by atoms with Crippen molar-refractivity contribution in [3.8, 4) is 0 Å². The van der Waals surface area contributed by atoms with E-state index in [0.29, 0.717) is 49.9 Å². The van der Waals surface area contributed by atoms with Crippen LogP contribution in [-0.2, 0) is 44.9 Å². The third-order valence-electron chi connectivity index (χ3n) is 9.61. The first kappa shape index (κ1) is 46.9. The average Bonchev–Trinajstić information content (AvgIpc) is 3.72. The summed E-state index contributed by atoms with van der Waals surface area (Å²) in [5.74, 6) is -0.774. The van der Waals surface area contributed by atoms with Gasteiger partial charge in [0.25, 0.3) is 0 Å². The van der Waals surface area contributed by atoms with Gasteiger partial charge in [-0.2, -0.15) is 0 Å². The standard InChI is InChI=1S/2C22H25BrN2O4.CH4/c2*1-22(2,3)29-21(27)25-13-15-11-16(23)6-7-17(15)19(25)8-5-14-12-24-10-9-18(14)20(26)28-4;/h2*6-7,9-12,19H,5,8,13H2,1-4H3;1H4/t2*19-;/m10./s1. The fourth-order valence-corrected chi connectivity index (χ4v) is 7.92. The lowest BCUT2D eigenvalue weighted by Crippen LogP contribution is -2.36. The number of pyridine rings is 2. The van der Waals surface area contributed by atoms with Crippen molar-refractivity contribution in [3.63, 3.8) is 0 Å². The van der Waals surface area contributed by atoms with E-state index in [4.69, 9.17) is 18.9 Å². The zero-order valence-corrected chi connectivity index (χ0v) is 37.3. The van der Waals surface area contributed by atoms with Gasteiger partial charge in [-0.15, -0.1) is 0 Å². The molecule has 316 valence electrons. The van der Waals surface area contributed by atoms with Crippen LogP contribution in [0.25, 0.3) is 0 Å². The van der Waals surface area contributed by atoms with Crippen molar-refractivity contribution in [1.29, 1.82) is 0 Å². The molecule has 2 aliphatic rings. The summed E-state index contributed by atoms with van der Waals surface area (Å²) in [6, 6.07) is 15.2. The minimum absolute atomic E-state index is 0. The van der Waals surface area contributed by atoms with Gasteiger partial charge in [0.2, 0.25) is 0 Å². The Morgan fingerprint density at radius 2 is 1.02 bits per heavy atom. The first-order valence-corrected chi connectivity index (χ1v) is 20.6. The molecule has 4 heterocycles. The zero-order valence-electron chi connectivity index (χ0n) is 34.1. The molecule has 59 heavy (non-hydrogen) atoms. The van der Waals surface area contributed by atoms with Gasteiger partial charge in [-0.1, -0.05) is 51.4 Å². The lowest BCUT2D eigenvalue weighted by molar-refractivity contribution is 0.0154. The summed E-state index contributed by atoms with van der Waals surface area (Å²) in [6.07, 6.45) is 8.28. The van der Waals surface area contributed by atoms with E-state index in [1.165, 1.54) is 14.2 Å². The van der Waals surface area contributed by atoms with Crippen molar-refractivity contribution in [2.24, 2.45) is 0 Å². The van der Waals surface area contributed by atoms with Crippen molar-refractivity contribution in [3.05, 3.63) is 127 Å². The highest BCUT2D eigenvalue weighted by atomic mass is 79.9. The fourth-order valence-electron chi connectivity index (χ4n) is 7.10. The number of benzene rings is 2. The SMILES string of the molecule is C.COC(=O)c1ccncc1CC[C@@H]1c2ccc(Br)cc2CN1C(=O)OC(C)(C)C.COC(=O)c1ccncc1CC[C@H]1c2ccc(Br)cc2CN1C(=O)OC(C)(C)C. The van der Waals surface area contributed by atoms with Gasteiger partial charge in [0.1, 0.15) is 11.2 Å². The van der Waals surface area contributed by atoms with Crippen LogP contribution < -0.4 is 0 Å². The number of hydrogen-bond acceptors (Lipinski definition) is 10. The number of fused-ring (bicyclic) bond motifs is 2. The molecular formula is C45H54Br2N4O8. The molecule has 0 N–H and O–H groups in total. The Bertz CT molecular complexity index is 2000. The van der Waals surface area contributed by atoms with Crippen molar-refractivity contribution in [2.45, 2.75) is 111 Å². The number of aryl methyl sites for hydroxylation is 2. The Labute approximate surface area is 364 Å². The number of nitrogens with zero attached hydrogens (tertiary/aromatic N) is 4. The molecule has 0 saturated carbocycles. The van der Waals surface area contributed by atoms with Crippen LogP contribution in [0.15, 0.2) is 82.3 Å². The predicted octanol–water partition coefficient (Wildman–Crippen LogP) is 10.7. The van der Waals surface area contributed by atoms with Crippen molar-refractivity contribution < 1.29 is 38.1 Å². The highest BCUT2D eigenvalue weighted by Crippen LogP contribution is 2.40. The third-order valence-corrected chi connectivity index (χ3v) is 10.6. The van der Waals surface area contributed by atoms with Gasteiger partial charge in [0, 0.05) is 33.7 Å². The molecule has 6 rings (SSSR count). The maximum atomic E-state index is 12.9. The number of carbonyl (C=O) groups excluding carboxylic acids is 4. The smallest absolute Gasteiger partial charge is 0.411 e. The molecule has 2 amide bonds. The van der Waals surface area contributed by atoms with Gasteiger partial charge in [0.05, 0.1) is 50.5 Å². The molecule has 2 aromatic carbocycles. The second-order valence-corrected chi connectivity index (χ2v) is 17.9. The van der Waals surface area contributed by atoms with Gasteiger partial charge >= 0.3 is 24.1 Å². The minimum Gasteiger partial charge on any atom is -0.465 e. The number of ether oxygens (including phenoxy) is 4. The molecule has 0 bridgehead atoms. The van der Waals surface area contributed by atoms with E-state index < -0.39 is 11.2 Å². The molecule has 2 atom stereocenters. The second-order valence-electron chi connectivity index (χ2n) is 16.1. The van der Waals surface area contributed by atoms with Crippen LogP contribution in [0.4, 0.5) is 9.59 Å². The summed E-state index contributed by atoms with van der Waals surface area (Å²) in [5.41, 5.74) is 5.84. The highest BCUT2D eigenvalue weighted by Gasteiger charge is 2.37. The first-order chi connectivity index (χ1) is 27.4. The van der Waals surface area contributed by atoms with Gasteiger partial charge in [-0.25, -0.2) is 19.2 Å². The van der Waals surface area contributed by atoms with Gasteiger partial charge < -0.3 is 18.9 Å². The number of halogens is 2. The van der Waals surface area contributed by atoms with Crippen LogP contribution in [0.2, 0.25) is 0 Å². The lowest BCUT2D eigenvalue weighted by Gasteiger charge is -2.29. The van der Waals surface area contributed by atoms with Crippen LogP contribution in [0.5, 0.6) is 0 Å². The molecule has 12 nitrogen and oxygen atoms in total. The molecular weight excluding hydrogens is 884 g/mol. The normalized spacial score (nSPS) is 15.5. The van der Waals surface area contributed by atoms with Crippen molar-refractivity contribution >= 4 is 56.0 Å². The molecule has 0 unspecified atom stereocenters. The van der Waals surface area contributed by atoms with E-state index in [0.717, 1.165) is 42.3 Å². The van der Waals surface area contributed by atoms with Gasteiger partial charge in [-0.3, -0.25) is 19.8 Å². The predicted molar refractivity (Wildman–Crippen MR) is 232 cm³/mol. The van der Waals surface area contributed by atoms with Crippen LogP contribution >= 0.6 is 31.9 Å². The number of methoxy groups -OCH3 is 2. The monoisotopic (exact) mass is 936 g/mol. The van der Waals surface area contributed by atoms with Crippen LogP contribution in [0, 0.1) is 0 Å². The quantitative estimate of drug-likeness (QED) is 0.124. The highest BCUT2D eigenvalue weighted by molar-refractivity contribution is 9.10. The molecule has 0 aliphatic carbocycles. The maximum absolute atomic E-state index is 12.9. The third kappa shape index (κ3) is 12.1. The van der Waals surface area contributed by atoms with E-state index in [1.807, 2.05) is 77.9 Å². The number of rotatable bonds is 8. The number of esters is 2. The summed E-state index contributed by atoms with van der Waals surface area (Å²) in [6.45, 7) is 12.1. The topological polar surface area (TPSA) is 137 Å². The lowest BCUT2D eigenvalue weighted by atomic mass is 9.97. The Morgan fingerprint density at radius 1 is 0.644 bits per heavy atom. The number of hydrogen-bond donors (Lipinski definition) is 0. The summed E-state index contributed by atoms with van der Waals surface area (Å²) in [5, 5.41) is 0. The van der Waals surface area contributed by atoms with E-state index >= 15 is 0 Å². The van der Waals surface area contributed by atoms with Crippen LogP contribution in [0.3, 0.4) is 0 Å². The summed E-state index contributed by atoms with van der Waals surface area (Å²) >= 11 is 7.01. The van der Waals surface area contributed by atoms with E-state index in [-0.39, 0.29) is 43.6 Å². The van der Waals surface area contributed by atoms with Gasteiger partial charge in [0.15, 0.2) is 0 Å². The Hall–Kier alpha value is -4.82. The molecule has 14 heteroatoms.